The number of nitriles is 2. The Hall–Kier alpha value is -2.00. The van der Waals surface area contributed by atoms with Gasteiger partial charge in [-0.25, -0.2) is 0 Å². The number of benzene rings is 1. The standard InChI is InChI=1S/C10H8N2O/c1-13-10-4-2-3-8(5-10)9(6-11)7-12/h2-5,9H,1H3. The fourth-order valence-corrected chi connectivity index (χ4v) is 0.999. The molecule has 1 aromatic rings. The molecule has 3 heteroatoms. The van der Waals surface area contributed by atoms with Gasteiger partial charge in [0, 0.05) is 0 Å². The zero-order valence-electron chi connectivity index (χ0n) is 7.19. The summed E-state index contributed by atoms with van der Waals surface area (Å²) in [5.74, 6) is -0.0527. The maximum Gasteiger partial charge on any atom is 0.158 e. The third kappa shape index (κ3) is 1.98. The van der Waals surface area contributed by atoms with Crippen molar-refractivity contribution in [2.75, 3.05) is 7.11 Å². The number of methoxy groups -OCH3 is 1. The van der Waals surface area contributed by atoms with Crippen LogP contribution in [-0.4, -0.2) is 7.11 Å². The normalized spacial score (nSPS) is 8.92. The fraction of sp³-hybridized carbons (Fsp3) is 0.200. The van der Waals surface area contributed by atoms with Crippen molar-refractivity contribution in [2.24, 2.45) is 0 Å². The Morgan fingerprint density at radius 1 is 1.31 bits per heavy atom. The lowest BCUT2D eigenvalue weighted by Crippen LogP contribution is -1.92. The third-order valence-corrected chi connectivity index (χ3v) is 1.69. The van der Waals surface area contributed by atoms with Crippen LogP contribution in [0.25, 0.3) is 0 Å². The van der Waals surface area contributed by atoms with E-state index in [0.717, 1.165) is 0 Å². The van der Waals surface area contributed by atoms with Gasteiger partial charge in [-0.2, -0.15) is 10.5 Å². The molecule has 0 aromatic heterocycles. The van der Waals surface area contributed by atoms with Crippen molar-refractivity contribution < 1.29 is 4.74 Å². The first-order chi connectivity index (χ1) is 6.31. The molecule has 1 rings (SSSR count). The molecule has 64 valence electrons. The predicted molar refractivity (Wildman–Crippen MR) is 47.0 cm³/mol. The van der Waals surface area contributed by atoms with Crippen LogP contribution in [0.4, 0.5) is 0 Å². The lowest BCUT2D eigenvalue weighted by molar-refractivity contribution is 0.414. The SMILES string of the molecule is COc1cccc(C(C#N)C#N)c1. The third-order valence-electron chi connectivity index (χ3n) is 1.69. The molecule has 1 aromatic carbocycles. The molecule has 0 heterocycles. The van der Waals surface area contributed by atoms with Crippen LogP contribution in [0, 0.1) is 22.7 Å². The Morgan fingerprint density at radius 3 is 2.54 bits per heavy atom. The van der Waals surface area contributed by atoms with Gasteiger partial charge in [0.15, 0.2) is 5.92 Å². The Kier molecular flexibility index (Phi) is 2.89. The van der Waals surface area contributed by atoms with E-state index in [-0.39, 0.29) is 0 Å². The molecular formula is C10H8N2O. The molecule has 13 heavy (non-hydrogen) atoms. The quantitative estimate of drug-likeness (QED) is 0.683. The zero-order valence-corrected chi connectivity index (χ0v) is 7.19. The molecule has 0 bridgehead atoms. The average molecular weight is 172 g/mol. The molecule has 0 spiro atoms. The first-order valence-electron chi connectivity index (χ1n) is 3.75. The summed E-state index contributed by atoms with van der Waals surface area (Å²) in [4.78, 5) is 0. The summed E-state index contributed by atoms with van der Waals surface area (Å²) in [6.45, 7) is 0. The van der Waals surface area contributed by atoms with Crippen LogP contribution in [-0.2, 0) is 0 Å². The van der Waals surface area contributed by atoms with Crippen molar-refractivity contribution in [3.63, 3.8) is 0 Å². The highest BCUT2D eigenvalue weighted by molar-refractivity contribution is 5.36. The zero-order chi connectivity index (χ0) is 9.68. The molecule has 0 N–H and O–H groups in total. The van der Waals surface area contributed by atoms with E-state index >= 15 is 0 Å². The summed E-state index contributed by atoms with van der Waals surface area (Å²) in [5.41, 5.74) is 0.671. The molecule has 0 saturated heterocycles. The lowest BCUT2D eigenvalue weighted by atomic mass is 10.0. The number of nitrogens with zero attached hydrogens (tertiary/aromatic N) is 2. The summed E-state index contributed by atoms with van der Waals surface area (Å²) >= 11 is 0. The first kappa shape index (κ1) is 9.09. The van der Waals surface area contributed by atoms with Gasteiger partial charge in [-0.15, -0.1) is 0 Å². The second kappa shape index (κ2) is 4.13. The molecule has 0 aliphatic rings. The molecule has 0 aliphatic carbocycles. The molecule has 0 radical (unpaired) electrons. The fourth-order valence-electron chi connectivity index (χ4n) is 0.999. The molecule has 0 aliphatic heterocycles. The molecule has 0 unspecified atom stereocenters. The molecule has 3 nitrogen and oxygen atoms in total. The predicted octanol–water partition coefficient (Wildman–Crippen LogP) is 1.83. The lowest BCUT2D eigenvalue weighted by Gasteiger charge is -2.03. The molecule has 0 saturated carbocycles. The van der Waals surface area contributed by atoms with Gasteiger partial charge in [0.25, 0.3) is 0 Å². The van der Waals surface area contributed by atoms with Crippen molar-refractivity contribution in [1.82, 2.24) is 0 Å². The molecule has 0 atom stereocenters. The maximum absolute atomic E-state index is 8.63. The Morgan fingerprint density at radius 2 is 2.00 bits per heavy atom. The van der Waals surface area contributed by atoms with Gasteiger partial charge in [0.2, 0.25) is 0 Å². The summed E-state index contributed by atoms with van der Waals surface area (Å²) in [6.07, 6.45) is 0. The molecule has 0 amide bonds. The van der Waals surface area contributed by atoms with Gasteiger partial charge in [0.1, 0.15) is 5.75 Å². The summed E-state index contributed by atoms with van der Waals surface area (Å²) in [6, 6.07) is 10.8. The number of ether oxygens (including phenoxy) is 1. The Bertz CT molecular complexity index is 359. The number of hydrogen-bond acceptors (Lipinski definition) is 3. The number of rotatable bonds is 2. The van der Waals surface area contributed by atoms with E-state index in [4.69, 9.17) is 15.3 Å². The second-order valence-corrected chi connectivity index (χ2v) is 2.47. The van der Waals surface area contributed by atoms with Crippen LogP contribution < -0.4 is 4.74 Å². The van der Waals surface area contributed by atoms with Gasteiger partial charge >= 0.3 is 0 Å². The highest BCUT2D eigenvalue weighted by Gasteiger charge is 2.08. The van der Waals surface area contributed by atoms with Gasteiger partial charge in [-0.05, 0) is 17.7 Å². The van der Waals surface area contributed by atoms with Crippen LogP contribution in [0.5, 0.6) is 5.75 Å². The minimum atomic E-state index is -0.713. The molecule has 0 fully saturated rings. The summed E-state index contributed by atoms with van der Waals surface area (Å²) in [5, 5.41) is 17.3. The average Bonchev–Trinajstić information content (AvgIpc) is 2.20. The summed E-state index contributed by atoms with van der Waals surface area (Å²) < 4.78 is 4.98. The Labute approximate surface area is 76.8 Å². The van der Waals surface area contributed by atoms with Crippen molar-refractivity contribution in [3.8, 4) is 17.9 Å². The minimum Gasteiger partial charge on any atom is -0.497 e. The van der Waals surface area contributed by atoms with Gasteiger partial charge in [-0.1, -0.05) is 12.1 Å². The van der Waals surface area contributed by atoms with Gasteiger partial charge < -0.3 is 4.74 Å². The Balaban J connectivity index is 3.03. The van der Waals surface area contributed by atoms with E-state index in [1.54, 1.807) is 31.4 Å². The van der Waals surface area contributed by atoms with Gasteiger partial charge in [0.05, 0.1) is 19.2 Å². The topological polar surface area (TPSA) is 56.8 Å². The van der Waals surface area contributed by atoms with Crippen LogP contribution in [0.15, 0.2) is 24.3 Å². The molecular weight excluding hydrogens is 164 g/mol. The van der Waals surface area contributed by atoms with Crippen LogP contribution in [0.1, 0.15) is 11.5 Å². The van der Waals surface area contributed by atoms with Crippen LogP contribution >= 0.6 is 0 Å². The van der Waals surface area contributed by atoms with Gasteiger partial charge in [-0.3, -0.25) is 0 Å². The van der Waals surface area contributed by atoms with Crippen LogP contribution in [0.2, 0.25) is 0 Å². The van der Waals surface area contributed by atoms with E-state index in [1.165, 1.54) is 0 Å². The van der Waals surface area contributed by atoms with E-state index in [1.807, 2.05) is 12.1 Å². The largest absolute Gasteiger partial charge is 0.497 e. The van der Waals surface area contributed by atoms with Crippen molar-refractivity contribution in [3.05, 3.63) is 29.8 Å². The van der Waals surface area contributed by atoms with Crippen molar-refractivity contribution in [1.29, 1.82) is 10.5 Å². The van der Waals surface area contributed by atoms with E-state index in [9.17, 15) is 0 Å². The highest BCUT2D eigenvalue weighted by Crippen LogP contribution is 2.19. The maximum atomic E-state index is 8.63. The number of hydrogen-bond donors (Lipinski definition) is 0. The first-order valence-corrected chi connectivity index (χ1v) is 3.75. The van der Waals surface area contributed by atoms with Crippen molar-refractivity contribution in [2.45, 2.75) is 5.92 Å². The monoisotopic (exact) mass is 172 g/mol. The highest BCUT2D eigenvalue weighted by atomic mass is 16.5. The van der Waals surface area contributed by atoms with E-state index in [2.05, 4.69) is 0 Å². The second-order valence-electron chi connectivity index (χ2n) is 2.47. The van der Waals surface area contributed by atoms with Crippen LogP contribution in [0.3, 0.4) is 0 Å². The van der Waals surface area contributed by atoms with Crippen molar-refractivity contribution >= 4 is 0 Å². The van der Waals surface area contributed by atoms with E-state index < -0.39 is 5.92 Å². The summed E-state index contributed by atoms with van der Waals surface area (Å²) in [7, 11) is 1.55. The smallest absolute Gasteiger partial charge is 0.158 e. The van der Waals surface area contributed by atoms with E-state index in [0.29, 0.717) is 11.3 Å². The minimum absolute atomic E-state index is 0.660.